The van der Waals surface area contributed by atoms with Gasteiger partial charge in [-0.3, -0.25) is 19.4 Å². The van der Waals surface area contributed by atoms with Gasteiger partial charge in [-0.1, -0.05) is 13.8 Å². The van der Waals surface area contributed by atoms with Crippen molar-refractivity contribution in [2.24, 2.45) is 0 Å². The van der Waals surface area contributed by atoms with E-state index in [4.69, 9.17) is 14.8 Å². The SMILES string of the molecule is CC(=O)N1CCc2c(c(N3CCCc4cc(-c5ccc(C(C)C)nc5)ncc43)nn2C2CCOCC2)C1. The second kappa shape index (κ2) is 9.89. The summed E-state index contributed by atoms with van der Waals surface area (Å²) in [7, 11) is 0. The van der Waals surface area contributed by atoms with Gasteiger partial charge in [0.1, 0.15) is 0 Å². The monoisotopic (exact) mass is 500 g/mol. The molecule has 1 amide bonds. The summed E-state index contributed by atoms with van der Waals surface area (Å²) in [6.45, 7) is 9.81. The molecule has 0 spiro atoms. The molecule has 3 aromatic rings. The van der Waals surface area contributed by atoms with Crippen LogP contribution in [0.4, 0.5) is 11.5 Å². The van der Waals surface area contributed by atoms with Gasteiger partial charge >= 0.3 is 0 Å². The lowest BCUT2D eigenvalue weighted by Gasteiger charge is -2.32. The van der Waals surface area contributed by atoms with Crippen LogP contribution in [0.25, 0.3) is 11.3 Å². The van der Waals surface area contributed by atoms with Gasteiger partial charge in [-0.15, -0.1) is 0 Å². The smallest absolute Gasteiger partial charge is 0.219 e. The summed E-state index contributed by atoms with van der Waals surface area (Å²) < 4.78 is 7.90. The van der Waals surface area contributed by atoms with Crippen molar-refractivity contribution in [3.8, 4) is 11.3 Å². The third-order valence-corrected chi connectivity index (χ3v) is 8.06. The number of hydrogen-bond acceptors (Lipinski definition) is 6. The molecule has 0 saturated carbocycles. The lowest BCUT2D eigenvalue weighted by molar-refractivity contribution is -0.129. The summed E-state index contributed by atoms with van der Waals surface area (Å²) >= 11 is 0. The molecule has 1 fully saturated rings. The molecule has 0 aliphatic carbocycles. The molecule has 0 aromatic carbocycles. The molecule has 3 aliphatic heterocycles. The molecule has 194 valence electrons. The summed E-state index contributed by atoms with van der Waals surface area (Å²) in [6.07, 6.45) is 8.82. The second-order valence-corrected chi connectivity index (χ2v) is 10.8. The van der Waals surface area contributed by atoms with Gasteiger partial charge in [0.25, 0.3) is 0 Å². The van der Waals surface area contributed by atoms with E-state index < -0.39 is 0 Å². The molecule has 1 saturated heterocycles. The van der Waals surface area contributed by atoms with Crippen LogP contribution in [-0.2, 0) is 28.9 Å². The largest absolute Gasteiger partial charge is 0.381 e. The highest BCUT2D eigenvalue weighted by Crippen LogP contribution is 2.40. The number of aromatic nitrogens is 4. The third-order valence-electron chi connectivity index (χ3n) is 8.06. The molecule has 6 rings (SSSR count). The standard InChI is InChI=1S/C29H36N6O2/c1-19(2)25-7-6-22(16-30-25)26-15-21-5-4-11-34(28(21)17-31-26)29-24-18-33(20(3)36)12-8-27(24)35(32-29)23-9-13-37-14-10-23/h6-7,15-17,19,23H,4-5,8-14,18H2,1-3H3. The average Bonchev–Trinajstić information content (AvgIpc) is 3.31. The first-order valence-electron chi connectivity index (χ1n) is 13.7. The Labute approximate surface area is 218 Å². The van der Waals surface area contributed by atoms with E-state index in [1.54, 1.807) is 6.92 Å². The summed E-state index contributed by atoms with van der Waals surface area (Å²) in [6, 6.07) is 6.80. The van der Waals surface area contributed by atoms with Crippen molar-refractivity contribution < 1.29 is 9.53 Å². The molecule has 8 heteroatoms. The summed E-state index contributed by atoms with van der Waals surface area (Å²) in [4.78, 5) is 26.1. The zero-order chi connectivity index (χ0) is 25.5. The Morgan fingerprint density at radius 2 is 1.92 bits per heavy atom. The molecule has 6 heterocycles. The minimum absolute atomic E-state index is 0.123. The maximum atomic E-state index is 12.3. The first kappa shape index (κ1) is 24.1. The zero-order valence-corrected chi connectivity index (χ0v) is 22.1. The Morgan fingerprint density at radius 3 is 2.65 bits per heavy atom. The van der Waals surface area contributed by atoms with E-state index >= 15 is 0 Å². The maximum absolute atomic E-state index is 12.3. The Hall–Kier alpha value is -3.26. The average molecular weight is 501 g/mol. The number of rotatable bonds is 4. The van der Waals surface area contributed by atoms with Crippen molar-refractivity contribution in [1.29, 1.82) is 0 Å². The molecule has 3 aromatic heterocycles. The molecule has 0 atom stereocenters. The number of nitrogens with zero attached hydrogens (tertiary/aromatic N) is 6. The van der Waals surface area contributed by atoms with E-state index in [2.05, 4.69) is 46.6 Å². The summed E-state index contributed by atoms with van der Waals surface area (Å²) in [5.74, 6) is 1.52. The number of anilines is 2. The highest BCUT2D eigenvalue weighted by Gasteiger charge is 2.33. The molecular formula is C29H36N6O2. The summed E-state index contributed by atoms with van der Waals surface area (Å²) in [5, 5.41) is 5.25. The Bertz CT molecular complexity index is 1290. The van der Waals surface area contributed by atoms with E-state index in [1.807, 2.05) is 17.3 Å². The van der Waals surface area contributed by atoms with Crippen LogP contribution in [0.15, 0.2) is 30.6 Å². The van der Waals surface area contributed by atoms with Gasteiger partial charge in [0, 0.05) is 68.4 Å². The highest BCUT2D eigenvalue weighted by molar-refractivity contribution is 5.75. The van der Waals surface area contributed by atoms with Crippen LogP contribution in [0.2, 0.25) is 0 Å². The second-order valence-electron chi connectivity index (χ2n) is 10.8. The van der Waals surface area contributed by atoms with Gasteiger partial charge in [0.05, 0.1) is 30.2 Å². The predicted octanol–water partition coefficient (Wildman–Crippen LogP) is 4.80. The van der Waals surface area contributed by atoms with Crippen LogP contribution in [0.3, 0.4) is 0 Å². The fourth-order valence-corrected chi connectivity index (χ4v) is 5.90. The number of aryl methyl sites for hydroxylation is 1. The number of amides is 1. The van der Waals surface area contributed by atoms with E-state index in [0.29, 0.717) is 18.5 Å². The lowest BCUT2D eigenvalue weighted by Crippen LogP contribution is -2.36. The molecule has 0 N–H and O–H groups in total. The topological polar surface area (TPSA) is 76.4 Å². The molecule has 0 unspecified atom stereocenters. The molecule has 37 heavy (non-hydrogen) atoms. The van der Waals surface area contributed by atoms with Crippen molar-refractivity contribution in [2.75, 3.05) is 31.2 Å². The van der Waals surface area contributed by atoms with Crippen LogP contribution >= 0.6 is 0 Å². The molecular weight excluding hydrogens is 464 g/mol. The van der Waals surface area contributed by atoms with E-state index in [9.17, 15) is 4.79 Å². The van der Waals surface area contributed by atoms with Crippen LogP contribution in [0, 0.1) is 0 Å². The van der Waals surface area contributed by atoms with Gasteiger partial charge < -0.3 is 14.5 Å². The first-order chi connectivity index (χ1) is 18.0. The van der Waals surface area contributed by atoms with Crippen molar-refractivity contribution in [1.82, 2.24) is 24.6 Å². The van der Waals surface area contributed by atoms with Gasteiger partial charge in [0.2, 0.25) is 5.91 Å². The molecule has 0 bridgehead atoms. The van der Waals surface area contributed by atoms with Crippen LogP contribution in [0.1, 0.15) is 74.5 Å². The minimum atomic E-state index is 0.123. The Kier molecular flexibility index (Phi) is 6.44. The maximum Gasteiger partial charge on any atom is 0.219 e. The number of ether oxygens (including phenoxy) is 1. The van der Waals surface area contributed by atoms with Crippen molar-refractivity contribution in [3.05, 3.63) is 53.1 Å². The first-order valence-corrected chi connectivity index (χ1v) is 13.7. The van der Waals surface area contributed by atoms with Crippen LogP contribution in [0.5, 0.6) is 0 Å². The van der Waals surface area contributed by atoms with Gasteiger partial charge in [-0.25, -0.2) is 0 Å². The number of carbonyl (C=O) groups excluding carboxylic acids is 1. The highest BCUT2D eigenvalue weighted by atomic mass is 16.5. The fourth-order valence-electron chi connectivity index (χ4n) is 5.90. The number of carbonyl (C=O) groups is 1. The fraction of sp³-hybridized carbons (Fsp3) is 0.517. The van der Waals surface area contributed by atoms with Crippen molar-refractivity contribution in [2.45, 2.75) is 71.4 Å². The quantitative estimate of drug-likeness (QED) is 0.512. The zero-order valence-electron chi connectivity index (χ0n) is 22.1. The lowest BCUT2D eigenvalue weighted by atomic mass is 9.99. The van der Waals surface area contributed by atoms with Gasteiger partial charge in [-0.2, -0.15) is 5.10 Å². The van der Waals surface area contributed by atoms with Crippen LogP contribution in [-0.4, -0.2) is 56.9 Å². The van der Waals surface area contributed by atoms with Crippen molar-refractivity contribution in [3.63, 3.8) is 0 Å². The van der Waals surface area contributed by atoms with Crippen molar-refractivity contribution >= 4 is 17.4 Å². The Morgan fingerprint density at radius 1 is 1.08 bits per heavy atom. The number of hydrogen-bond donors (Lipinski definition) is 0. The van der Waals surface area contributed by atoms with E-state index in [0.717, 1.165) is 86.9 Å². The number of fused-ring (bicyclic) bond motifs is 2. The van der Waals surface area contributed by atoms with Gasteiger partial charge in [-0.05, 0) is 55.4 Å². The van der Waals surface area contributed by atoms with E-state index in [-0.39, 0.29) is 5.91 Å². The predicted molar refractivity (Wildman–Crippen MR) is 143 cm³/mol. The van der Waals surface area contributed by atoms with Crippen LogP contribution < -0.4 is 4.90 Å². The number of pyridine rings is 2. The van der Waals surface area contributed by atoms with Gasteiger partial charge in [0.15, 0.2) is 5.82 Å². The minimum Gasteiger partial charge on any atom is -0.381 e. The molecule has 3 aliphatic rings. The third kappa shape index (κ3) is 4.52. The summed E-state index contributed by atoms with van der Waals surface area (Å²) in [5.41, 5.74) is 7.99. The normalized spacial score (nSPS) is 18.2. The Balaban J connectivity index is 1.37. The molecule has 8 nitrogen and oxygen atoms in total. The molecule has 0 radical (unpaired) electrons. The van der Waals surface area contributed by atoms with E-state index in [1.165, 1.54) is 16.8 Å².